The quantitative estimate of drug-likeness (QED) is 0.0261. The topological polar surface area (TPSA) is 78.9 Å². The number of unbranched alkanes of at least 4 members (excludes halogenated alkanes) is 49. The first kappa shape index (κ1) is 73.9. The first-order valence-corrected chi connectivity index (χ1v) is 34.3. The van der Waals surface area contributed by atoms with Crippen LogP contribution in [0.25, 0.3) is 0 Å². The number of carbonyl (C=O) groups excluding carboxylic acids is 3. The van der Waals surface area contributed by atoms with Crippen LogP contribution in [-0.2, 0) is 28.6 Å². The Morgan fingerprint density at radius 2 is 0.474 bits per heavy atom. The van der Waals surface area contributed by atoms with Crippen LogP contribution >= 0.6 is 0 Å². The predicted octanol–water partition coefficient (Wildman–Crippen LogP) is 23.4. The third-order valence-corrected chi connectivity index (χ3v) is 15.7. The molecule has 0 spiro atoms. The van der Waals surface area contributed by atoms with Gasteiger partial charge < -0.3 is 14.2 Å². The molecule has 448 valence electrons. The molecule has 0 aromatic rings. The van der Waals surface area contributed by atoms with Gasteiger partial charge in [0.15, 0.2) is 6.10 Å². The molecular weight excluding hydrogens is 937 g/mol. The molecule has 0 rings (SSSR count). The van der Waals surface area contributed by atoms with E-state index in [0.717, 1.165) is 64.2 Å². The van der Waals surface area contributed by atoms with Gasteiger partial charge in [-0.05, 0) is 51.4 Å². The number of esters is 3. The molecule has 0 aromatic carbocycles. The molecule has 6 heteroatoms. The van der Waals surface area contributed by atoms with Gasteiger partial charge >= 0.3 is 17.9 Å². The average molecular weight is 1070 g/mol. The van der Waals surface area contributed by atoms with E-state index >= 15 is 0 Å². The smallest absolute Gasteiger partial charge is 0.306 e. The monoisotopic (exact) mass is 1070 g/mol. The third-order valence-electron chi connectivity index (χ3n) is 15.7. The lowest BCUT2D eigenvalue weighted by Gasteiger charge is -2.18. The van der Waals surface area contributed by atoms with E-state index in [1.54, 1.807) is 0 Å². The highest BCUT2D eigenvalue weighted by molar-refractivity contribution is 5.71. The lowest BCUT2D eigenvalue weighted by atomic mass is 10.0. The number of allylic oxidation sites excluding steroid dienone is 4. The Morgan fingerprint density at radius 3 is 0.724 bits per heavy atom. The van der Waals surface area contributed by atoms with Crippen molar-refractivity contribution in [3.8, 4) is 0 Å². The maximum atomic E-state index is 12.9. The highest BCUT2D eigenvalue weighted by atomic mass is 16.6. The SMILES string of the molecule is CCCCCCC/C=C\C/C=C\CCCCCCCCCCCCCCCCCCCCCCCC(=O)OCC(COC(=O)CCCCCCCCCCCCCC)OC(=O)CCCCCCCCCCCCCCC. The summed E-state index contributed by atoms with van der Waals surface area (Å²) in [5.74, 6) is -0.834. The van der Waals surface area contributed by atoms with Gasteiger partial charge in [0.25, 0.3) is 0 Å². The molecule has 0 radical (unpaired) electrons. The van der Waals surface area contributed by atoms with E-state index in [-0.39, 0.29) is 31.1 Å². The Hall–Kier alpha value is -2.11. The molecule has 0 amide bonds. The van der Waals surface area contributed by atoms with E-state index in [1.165, 1.54) is 283 Å². The predicted molar refractivity (Wildman–Crippen MR) is 330 cm³/mol. The minimum atomic E-state index is -0.764. The van der Waals surface area contributed by atoms with Gasteiger partial charge in [-0.3, -0.25) is 14.4 Å². The molecule has 0 aromatic heterocycles. The lowest BCUT2D eigenvalue weighted by molar-refractivity contribution is -0.167. The molecular formula is C70H132O6. The highest BCUT2D eigenvalue weighted by Gasteiger charge is 2.19. The van der Waals surface area contributed by atoms with Gasteiger partial charge in [-0.25, -0.2) is 0 Å². The van der Waals surface area contributed by atoms with Gasteiger partial charge in [0.05, 0.1) is 0 Å². The molecule has 0 fully saturated rings. The van der Waals surface area contributed by atoms with Gasteiger partial charge in [0, 0.05) is 19.3 Å². The summed E-state index contributed by atoms with van der Waals surface area (Å²) in [6, 6.07) is 0. The first-order chi connectivity index (χ1) is 37.5. The highest BCUT2D eigenvalue weighted by Crippen LogP contribution is 2.18. The summed E-state index contributed by atoms with van der Waals surface area (Å²) in [7, 11) is 0. The summed E-state index contributed by atoms with van der Waals surface area (Å²) in [5, 5.41) is 0. The van der Waals surface area contributed by atoms with Crippen molar-refractivity contribution in [2.45, 2.75) is 393 Å². The van der Waals surface area contributed by atoms with E-state index < -0.39 is 6.10 Å². The molecule has 1 unspecified atom stereocenters. The molecule has 0 heterocycles. The third kappa shape index (κ3) is 62.7. The summed E-state index contributed by atoms with van der Waals surface area (Å²) in [4.78, 5) is 38.2. The van der Waals surface area contributed by atoms with Crippen LogP contribution in [0.2, 0.25) is 0 Å². The van der Waals surface area contributed by atoms with Gasteiger partial charge in [0.2, 0.25) is 0 Å². The maximum absolute atomic E-state index is 12.9. The molecule has 6 nitrogen and oxygen atoms in total. The summed E-state index contributed by atoms with van der Waals surface area (Å²) in [6.45, 7) is 6.69. The Kier molecular flexibility index (Phi) is 63.6. The van der Waals surface area contributed by atoms with Crippen molar-refractivity contribution >= 4 is 17.9 Å². The number of hydrogen-bond donors (Lipinski definition) is 0. The number of hydrogen-bond acceptors (Lipinski definition) is 6. The van der Waals surface area contributed by atoms with Crippen molar-refractivity contribution in [2.75, 3.05) is 13.2 Å². The molecule has 0 N–H and O–H groups in total. The van der Waals surface area contributed by atoms with Gasteiger partial charge in [-0.1, -0.05) is 340 Å². The van der Waals surface area contributed by atoms with Crippen LogP contribution < -0.4 is 0 Å². The fourth-order valence-electron chi connectivity index (χ4n) is 10.5. The van der Waals surface area contributed by atoms with Gasteiger partial charge in [-0.15, -0.1) is 0 Å². The largest absolute Gasteiger partial charge is 0.462 e. The van der Waals surface area contributed by atoms with Gasteiger partial charge in [0.1, 0.15) is 13.2 Å². The van der Waals surface area contributed by atoms with Crippen LogP contribution in [-0.4, -0.2) is 37.2 Å². The number of ether oxygens (including phenoxy) is 3. The Bertz CT molecular complexity index is 1230. The van der Waals surface area contributed by atoms with Gasteiger partial charge in [-0.2, -0.15) is 0 Å². The molecule has 0 saturated heterocycles. The van der Waals surface area contributed by atoms with Crippen molar-refractivity contribution in [3.63, 3.8) is 0 Å². The number of rotatable bonds is 64. The second kappa shape index (κ2) is 65.4. The Balaban J connectivity index is 4.02. The number of carbonyl (C=O) groups is 3. The molecule has 0 bridgehead atoms. The fourth-order valence-corrected chi connectivity index (χ4v) is 10.5. The Morgan fingerprint density at radius 1 is 0.263 bits per heavy atom. The van der Waals surface area contributed by atoms with E-state index in [4.69, 9.17) is 14.2 Å². The van der Waals surface area contributed by atoms with Crippen LogP contribution in [0, 0.1) is 0 Å². The molecule has 0 aliphatic carbocycles. The van der Waals surface area contributed by atoms with Crippen molar-refractivity contribution in [3.05, 3.63) is 24.3 Å². The normalized spacial score (nSPS) is 12.1. The Labute approximate surface area is 474 Å². The summed E-state index contributed by atoms with van der Waals surface area (Å²) in [5.41, 5.74) is 0. The standard InChI is InChI=1S/C70H132O6/c1-4-7-10-13-16-19-22-25-26-27-28-29-30-31-32-33-34-35-36-37-38-39-40-41-42-43-44-46-48-51-54-57-60-63-69(72)75-66-67(65-74-68(71)62-59-56-53-50-47-24-21-18-15-12-9-6-3)76-70(73)64-61-58-55-52-49-45-23-20-17-14-11-8-5-2/h22,25,27-28,67H,4-21,23-24,26,29-66H2,1-3H3/b25-22-,28-27-. The van der Waals surface area contributed by atoms with Crippen molar-refractivity contribution in [1.82, 2.24) is 0 Å². The summed E-state index contributed by atoms with van der Waals surface area (Å²) in [6.07, 6.45) is 79.3. The van der Waals surface area contributed by atoms with E-state index in [1.807, 2.05) is 0 Å². The van der Waals surface area contributed by atoms with Crippen LogP contribution in [0.15, 0.2) is 24.3 Å². The molecule has 0 aliphatic rings. The first-order valence-electron chi connectivity index (χ1n) is 34.3. The van der Waals surface area contributed by atoms with Crippen LogP contribution in [0.4, 0.5) is 0 Å². The average Bonchev–Trinajstić information content (AvgIpc) is 3.42. The van der Waals surface area contributed by atoms with Crippen LogP contribution in [0.1, 0.15) is 387 Å². The molecule has 76 heavy (non-hydrogen) atoms. The minimum absolute atomic E-state index is 0.0632. The van der Waals surface area contributed by atoms with Crippen LogP contribution in [0.5, 0.6) is 0 Å². The molecule has 1 atom stereocenters. The van der Waals surface area contributed by atoms with E-state index in [9.17, 15) is 14.4 Å². The van der Waals surface area contributed by atoms with Crippen molar-refractivity contribution in [2.24, 2.45) is 0 Å². The summed E-state index contributed by atoms with van der Waals surface area (Å²) >= 11 is 0. The maximum Gasteiger partial charge on any atom is 0.306 e. The summed E-state index contributed by atoms with van der Waals surface area (Å²) < 4.78 is 16.9. The molecule has 0 saturated carbocycles. The zero-order chi connectivity index (χ0) is 55.0. The zero-order valence-electron chi connectivity index (χ0n) is 51.6. The molecule has 0 aliphatic heterocycles. The second-order valence-electron chi connectivity index (χ2n) is 23.5. The van der Waals surface area contributed by atoms with E-state index in [0.29, 0.717) is 19.3 Å². The minimum Gasteiger partial charge on any atom is -0.462 e. The van der Waals surface area contributed by atoms with Crippen LogP contribution in [0.3, 0.4) is 0 Å². The fraction of sp³-hybridized carbons (Fsp3) is 0.900. The van der Waals surface area contributed by atoms with Crippen molar-refractivity contribution in [1.29, 1.82) is 0 Å². The second-order valence-corrected chi connectivity index (χ2v) is 23.5. The van der Waals surface area contributed by atoms with E-state index in [2.05, 4.69) is 45.1 Å². The zero-order valence-corrected chi connectivity index (χ0v) is 51.6. The lowest BCUT2D eigenvalue weighted by Crippen LogP contribution is -2.30. The van der Waals surface area contributed by atoms with Crippen molar-refractivity contribution < 1.29 is 28.6 Å².